The number of benzene rings is 1. The van der Waals surface area contributed by atoms with Gasteiger partial charge in [-0.2, -0.15) is 0 Å². The molecule has 0 bridgehead atoms. The third kappa shape index (κ3) is 2.28. The standard InChI is InChI=1S/C21H23N3O4/c1-10(2)24-20-15(21(27)23-24)14(11-6-4-3-5-7-11)19-16(22-20)12-8-9-13(25)17(26)18(12)28-19/h8-11,22,26H,3-7H2,1-2H3,(H,23,27). The Morgan fingerprint density at radius 2 is 1.89 bits per heavy atom. The van der Waals surface area contributed by atoms with E-state index in [-0.39, 0.29) is 28.9 Å². The van der Waals surface area contributed by atoms with Crippen LogP contribution in [0.15, 0.2) is 26.1 Å². The SMILES string of the molecule is CC(C)n1[nH]c(=O)c2c(C3CCCCC3)c3oc4c(O)c(=O)ccc4c3[nH]c21. The van der Waals surface area contributed by atoms with Crippen LogP contribution in [-0.2, 0) is 0 Å². The van der Waals surface area contributed by atoms with Crippen molar-refractivity contribution in [1.82, 2.24) is 14.8 Å². The second-order valence-electron chi connectivity index (χ2n) is 8.10. The normalized spacial score (nSPS) is 16.1. The molecule has 0 aliphatic heterocycles. The van der Waals surface area contributed by atoms with Crippen molar-refractivity contribution in [1.29, 1.82) is 0 Å². The van der Waals surface area contributed by atoms with E-state index in [1.54, 1.807) is 6.07 Å². The highest BCUT2D eigenvalue weighted by molar-refractivity contribution is 6.09. The lowest BCUT2D eigenvalue weighted by Gasteiger charge is -2.22. The number of phenols is 1. The first kappa shape index (κ1) is 17.2. The van der Waals surface area contributed by atoms with Crippen molar-refractivity contribution in [3.8, 4) is 5.75 Å². The molecule has 1 aliphatic carbocycles. The number of aromatic nitrogens is 3. The van der Waals surface area contributed by atoms with E-state index >= 15 is 0 Å². The van der Waals surface area contributed by atoms with Gasteiger partial charge < -0.3 is 14.5 Å². The van der Waals surface area contributed by atoms with Crippen LogP contribution in [-0.4, -0.2) is 19.9 Å². The average Bonchev–Trinajstić information content (AvgIpc) is 3.22. The Kier molecular flexibility index (Phi) is 3.69. The van der Waals surface area contributed by atoms with Gasteiger partial charge in [0.25, 0.3) is 5.56 Å². The van der Waals surface area contributed by atoms with Crippen molar-refractivity contribution in [3.63, 3.8) is 0 Å². The molecule has 5 rings (SSSR count). The first-order valence-electron chi connectivity index (χ1n) is 9.92. The minimum absolute atomic E-state index is 0.0675. The Morgan fingerprint density at radius 3 is 2.61 bits per heavy atom. The number of phenolic OH excluding ortho intramolecular Hbond substituents is 1. The van der Waals surface area contributed by atoms with E-state index in [2.05, 4.69) is 10.1 Å². The number of hydrogen-bond acceptors (Lipinski definition) is 4. The number of furan rings is 1. The van der Waals surface area contributed by atoms with E-state index in [1.165, 1.54) is 12.5 Å². The Bertz CT molecular complexity index is 1330. The predicted octanol–water partition coefficient (Wildman–Crippen LogP) is 4.25. The summed E-state index contributed by atoms with van der Waals surface area (Å²) in [4.78, 5) is 28.2. The van der Waals surface area contributed by atoms with Crippen LogP contribution in [0.3, 0.4) is 0 Å². The van der Waals surface area contributed by atoms with Crippen molar-refractivity contribution >= 4 is 33.1 Å². The highest BCUT2D eigenvalue weighted by Gasteiger charge is 2.28. The summed E-state index contributed by atoms with van der Waals surface area (Å²) in [5.74, 6) is -0.172. The minimum Gasteiger partial charge on any atom is -0.502 e. The van der Waals surface area contributed by atoms with Gasteiger partial charge in [-0.3, -0.25) is 19.4 Å². The van der Waals surface area contributed by atoms with Crippen LogP contribution in [0.5, 0.6) is 5.75 Å². The molecule has 3 aromatic heterocycles. The molecule has 146 valence electrons. The van der Waals surface area contributed by atoms with Gasteiger partial charge in [0, 0.05) is 17.0 Å². The number of pyridine rings is 1. The Labute approximate surface area is 159 Å². The van der Waals surface area contributed by atoms with Gasteiger partial charge in [0.2, 0.25) is 11.2 Å². The zero-order chi connectivity index (χ0) is 19.6. The molecule has 1 saturated carbocycles. The van der Waals surface area contributed by atoms with E-state index in [0.717, 1.165) is 36.9 Å². The van der Waals surface area contributed by atoms with Crippen LogP contribution in [0.25, 0.3) is 33.1 Å². The first-order chi connectivity index (χ1) is 13.5. The van der Waals surface area contributed by atoms with Crippen LogP contribution in [0.1, 0.15) is 63.5 Å². The van der Waals surface area contributed by atoms with Crippen LogP contribution >= 0.6 is 0 Å². The molecule has 0 radical (unpaired) electrons. The number of hydrogen-bond donors (Lipinski definition) is 3. The maximum atomic E-state index is 12.9. The summed E-state index contributed by atoms with van der Waals surface area (Å²) in [5, 5.41) is 14.5. The number of fused-ring (bicyclic) bond motifs is 4. The molecule has 0 atom stereocenters. The molecule has 4 aromatic rings. The highest BCUT2D eigenvalue weighted by atomic mass is 16.4. The highest BCUT2D eigenvalue weighted by Crippen LogP contribution is 2.42. The minimum atomic E-state index is -0.472. The maximum absolute atomic E-state index is 12.9. The summed E-state index contributed by atoms with van der Waals surface area (Å²) in [6.45, 7) is 4.02. The number of nitrogens with zero attached hydrogens (tertiary/aromatic N) is 1. The first-order valence-corrected chi connectivity index (χ1v) is 9.92. The van der Waals surface area contributed by atoms with E-state index < -0.39 is 5.43 Å². The van der Waals surface area contributed by atoms with Crippen LogP contribution in [0.4, 0.5) is 0 Å². The van der Waals surface area contributed by atoms with Gasteiger partial charge in [0.15, 0.2) is 11.2 Å². The second kappa shape index (κ2) is 6.02. The van der Waals surface area contributed by atoms with Gasteiger partial charge in [-0.15, -0.1) is 0 Å². The summed E-state index contributed by atoms with van der Waals surface area (Å²) in [6.07, 6.45) is 5.43. The smallest absolute Gasteiger partial charge is 0.274 e. The predicted molar refractivity (Wildman–Crippen MR) is 108 cm³/mol. The maximum Gasteiger partial charge on any atom is 0.274 e. The zero-order valence-electron chi connectivity index (χ0n) is 16.0. The van der Waals surface area contributed by atoms with Gasteiger partial charge in [0.1, 0.15) is 5.65 Å². The monoisotopic (exact) mass is 381 g/mol. The summed E-state index contributed by atoms with van der Waals surface area (Å²) >= 11 is 0. The molecule has 3 heterocycles. The number of H-pyrrole nitrogens is 2. The van der Waals surface area contributed by atoms with E-state index in [0.29, 0.717) is 21.9 Å². The lowest BCUT2D eigenvalue weighted by Crippen LogP contribution is -2.10. The average molecular weight is 381 g/mol. The lowest BCUT2D eigenvalue weighted by atomic mass is 9.83. The third-order valence-corrected chi connectivity index (χ3v) is 6.01. The molecule has 1 aromatic carbocycles. The summed E-state index contributed by atoms with van der Waals surface area (Å²) in [6, 6.07) is 3.08. The molecule has 0 unspecified atom stereocenters. The second-order valence-corrected chi connectivity index (χ2v) is 8.10. The van der Waals surface area contributed by atoms with Crippen molar-refractivity contribution in [3.05, 3.63) is 38.3 Å². The Balaban J connectivity index is 1.99. The van der Waals surface area contributed by atoms with Crippen LogP contribution in [0, 0.1) is 0 Å². The van der Waals surface area contributed by atoms with Crippen molar-refractivity contribution < 1.29 is 9.52 Å². The van der Waals surface area contributed by atoms with Crippen molar-refractivity contribution in [2.45, 2.75) is 57.9 Å². The largest absolute Gasteiger partial charge is 0.502 e. The van der Waals surface area contributed by atoms with E-state index in [4.69, 9.17) is 4.42 Å². The molecule has 1 fully saturated rings. The number of rotatable bonds is 2. The number of aromatic hydroxyl groups is 1. The lowest BCUT2D eigenvalue weighted by molar-refractivity contribution is 0.442. The fraction of sp³-hybridized carbons (Fsp3) is 0.429. The molecule has 1 aliphatic rings. The summed E-state index contributed by atoms with van der Waals surface area (Å²) in [5.41, 5.74) is 2.47. The molecule has 0 amide bonds. The molecule has 7 heteroatoms. The zero-order valence-corrected chi connectivity index (χ0v) is 16.0. The van der Waals surface area contributed by atoms with Gasteiger partial charge in [-0.1, -0.05) is 19.3 Å². The topological polar surface area (TPSA) is 104 Å². The van der Waals surface area contributed by atoms with Crippen molar-refractivity contribution in [2.24, 2.45) is 0 Å². The van der Waals surface area contributed by atoms with Crippen molar-refractivity contribution in [2.75, 3.05) is 0 Å². The van der Waals surface area contributed by atoms with E-state index in [9.17, 15) is 14.7 Å². The molecule has 0 saturated heterocycles. The fourth-order valence-corrected chi connectivity index (χ4v) is 4.66. The molecule has 28 heavy (non-hydrogen) atoms. The summed E-state index contributed by atoms with van der Waals surface area (Å²) in [7, 11) is 0. The Morgan fingerprint density at radius 1 is 1.14 bits per heavy atom. The Hall–Kier alpha value is -2.96. The molecular formula is C21H23N3O4. The van der Waals surface area contributed by atoms with E-state index in [1.807, 2.05) is 18.5 Å². The number of nitrogens with one attached hydrogen (secondary N) is 2. The molecule has 3 N–H and O–H groups in total. The fourth-order valence-electron chi connectivity index (χ4n) is 4.66. The quantitative estimate of drug-likeness (QED) is 0.483. The third-order valence-electron chi connectivity index (χ3n) is 6.01. The number of aromatic amines is 2. The molecule has 7 nitrogen and oxygen atoms in total. The van der Waals surface area contributed by atoms with Gasteiger partial charge in [-0.25, -0.2) is 0 Å². The van der Waals surface area contributed by atoms with Gasteiger partial charge >= 0.3 is 0 Å². The van der Waals surface area contributed by atoms with Gasteiger partial charge in [-0.05, 0) is 44.7 Å². The molecule has 0 spiro atoms. The summed E-state index contributed by atoms with van der Waals surface area (Å²) < 4.78 is 7.88. The molecular weight excluding hydrogens is 358 g/mol. The van der Waals surface area contributed by atoms with Crippen LogP contribution in [0.2, 0.25) is 0 Å². The van der Waals surface area contributed by atoms with Crippen LogP contribution < -0.4 is 11.0 Å². The van der Waals surface area contributed by atoms with Gasteiger partial charge in [0.05, 0.1) is 10.9 Å².